The van der Waals surface area contributed by atoms with Crippen molar-refractivity contribution < 1.29 is 27.2 Å². The summed E-state index contributed by atoms with van der Waals surface area (Å²) in [4.78, 5) is 13.2. The largest absolute Gasteiger partial charge is 0.497 e. The van der Waals surface area contributed by atoms with Crippen LogP contribution in [0.1, 0.15) is 5.56 Å². The average molecular weight is 423 g/mol. The van der Waals surface area contributed by atoms with E-state index >= 15 is 0 Å². The van der Waals surface area contributed by atoms with Gasteiger partial charge in [0.15, 0.2) is 6.54 Å². The van der Waals surface area contributed by atoms with E-state index in [1.165, 1.54) is 22.5 Å². The van der Waals surface area contributed by atoms with E-state index in [1.807, 2.05) is 24.3 Å². The van der Waals surface area contributed by atoms with E-state index in [4.69, 9.17) is 4.74 Å². The molecule has 1 heterocycles. The molecule has 156 valence electrons. The number of hydrogen-bond acceptors (Lipinski definition) is 4. The van der Waals surface area contributed by atoms with E-state index in [0.29, 0.717) is 19.6 Å². The Kier molecular flexibility index (Phi) is 6.83. The smallest absolute Gasteiger partial charge is 0.275 e. The van der Waals surface area contributed by atoms with Crippen molar-refractivity contribution in [2.75, 3.05) is 39.8 Å². The van der Waals surface area contributed by atoms with Crippen LogP contribution in [0.5, 0.6) is 5.75 Å². The number of rotatable bonds is 7. The van der Waals surface area contributed by atoms with Crippen LogP contribution >= 0.6 is 0 Å². The standard InChI is InChI=1S/C20H24FN3O4S/c1-28-18-6-2-4-16(12-18)14-22-20(25)15-23-8-10-24(11-9-23)29(26,27)19-7-3-5-17(21)13-19/h2-7,12-13H,8-11,14-15H2,1H3,(H,22,25)/p+1. The normalized spacial score (nSPS) is 15.8. The molecule has 1 aliphatic heterocycles. The number of quaternary nitrogens is 1. The summed E-state index contributed by atoms with van der Waals surface area (Å²) in [7, 11) is -2.13. The highest BCUT2D eigenvalue weighted by atomic mass is 32.2. The molecule has 1 aliphatic rings. The van der Waals surface area contributed by atoms with Crippen LogP contribution in [0, 0.1) is 5.82 Å². The molecule has 2 N–H and O–H groups in total. The van der Waals surface area contributed by atoms with Gasteiger partial charge in [-0.2, -0.15) is 4.31 Å². The van der Waals surface area contributed by atoms with Crippen LogP contribution in [0.15, 0.2) is 53.4 Å². The first-order valence-electron chi connectivity index (χ1n) is 9.37. The number of sulfonamides is 1. The van der Waals surface area contributed by atoms with Gasteiger partial charge >= 0.3 is 0 Å². The fraction of sp³-hybridized carbons (Fsp3) is 0.350. The Hall–Kier alpha value is -2.49. The molecule has 7 nitrogen and oxygen atoms in total. The van der Waals surface area contributed by atoms with Gasteiger partial charge in [-0.05, 0) is 35.9 Å². The van der Waals surface area contributed by atoms with Gasteiger partial charge in [0, 0.05) is 6.54 Å². The number of hydrogen-bond donors (Lipinski definition) is 2. The topological polar surface area (TPSA) is 80.2 Å². The second-order valence-corrected chi connectivity index (χ2v) is 8.85. The lowest BCUT2D eigenvalue weighted by atomic mass is 10.2. The molecule has 2 aromatic rings. The van der Waals surface area contributed by atoms with Crippen LogP contribution in [0.4, 0.5) is 4.39 Å². The van der Waals surface area contributed by atoms with E-state index < -0.39 is 15.8 Å². The fourth-order valence-corrected chi connectivity index (χ4v) is 4.74. The molecule has 1 saturated heterocycles. The minimum atomic E-state index is -3.72. The van der Waals surface area contributed by atoms with E-state index in [1.54, 1.807) is 7.11 Å². The molecule has 0 saturated carbocycles. The SMILES string of the molecule is COc1cccc(CNC(=O)C[NH+]2CCN(S(=O)(=O)c3cccc(F)c3)CC2)c1. The maximum atomic E-state index is 13.4. The van der Waals surface area contributed by atoms with Crippen LogP contribution < -0.4 is 15.0 Å². The van der Waals surface area contributed by atoms with Gasteiger partial charge in [0.25, 0.3) is 5.91 Å². The quantitative estimate of drug-likeness (QED) is 0.660. The highest BCUT2D eigenvalue weighted by Gasteiger charge is 2.31. The number of methoxy groups -OCH3 is 1. The molecule has 0 unspecified atom stereocenters. The molecule has 2 aromatic carbocycles. The van der Waals surface area contributed by atoms with Crippen LogP contribution in [0.3, 0.4) is 0 Å². The first-order valence-corrected chi connectivity index (χ1v) is 10.8. The predicted molar refractivity (Wildman–Crippen MR) is 106 cm³/mol. The number of carbonyl (C=O) groups is 1. The molecule has 9 heteroatoms. The highest BCUT2D eigenvalue weighted by Crippen LogP contribution is 2.16. The lowest BCUT2D eigenvalue weighted by Gasteiger charge is -2.31. The van der Waals surface area contributed by atoms with Gasteiger partial charge < -0.3 is 15.0 Å². The van der Waals surface area contributed by atoms with Gasteiger partial charge in [0.2, 0.25) is 10.0 Å². The number of piperazine rings is 1. The number of nitrogens with one attached hydrogen (secondary N) is 2. The van der Waals surface area contributed by atoms with Crippen molar-refractivity contribution >= 4 is 15.9 Å². The van der Waals surface area contributed by atoms with Gasteiger partial charge in [-0.15, -0.1) is 0 Å². The molecular formula is C20H25FN3O4S+. The molecule has 0 bridgehead atoms. The summed E-state index contributed by atoms with van der Waals surface area (Å²) in [5.41, 5.74) is 0.943. The monoisotopic (exact) mass is 422 g/mol. The number of benzene rings is 2. The van der Waals surface area contributed by atoms with Crippen LogP contribution in [0.25, 0.3) is 0 Å². The van der Waals surface area contributed by atoms with Gasteiger partial charge in [-0.3, -0.25) is 4.79 Å². The minimum Gasteiger partial charge on any atom is -0.497 e. The zero-order valence-electron chi connectivity index (χ0n) is 16.2. The Bertz CT molecular complexity index is 960. The lowest BCUT2D eigenvalue weighted by Crippen LogP contribution is -3.15. The van der Waals surface area contributed by atoms with Crippen LogP contribution in [0.2, 0.25) is 0 Å². The molecule has 1 amide bonds. The van der Waals surface area contributed by atoms with Crippen molar-refractivity contribution in [2.24, 2.45) is 0 Å². The fourth-order valence-electron chi connectivity index (χ4n) is 3.27. The van der Waals surface area contributed by atoms with Gasteiger partial charge in [0.05, 0.1) is 38.2 Å². The van der Waals surface area contributed by atoms with E-state index in [9.17, 15) is 17.6 Å². The van der Waals surface area contributed by atoms with E-state index in [0.717, 1.165) is 22.3 Å². The summed E-state index contributed by atoms with van der Waals surface area (Å²) in [6, 6.07) is 12.5. The Labute approximate surface area is 170 Å². The van der Waals surface area contributed by atoms with Crippen molar-refractivity contribution in [1.82, 2.24) is 9.62 Å². The van der Waals surface area contributed by atoms with E-state index in [2.05, 4.69) is 5.32 Å². The van der Waals surface area contributed by atoms with Crippen molar-refractivity contribution in [3.05, 3.63) is 59.9 Å². The molecule has 1 fully saturated rings. The summed E-state index contributed by atoms with van der Waals surface area (Å²) in [5, 5.41) is 2.88. The summed E-state index contributed by atoms with van der Waals surface area (Å²) in [6.07, 6.45) is 0. The third-order valence-electron chi connectivity index (χ3n) is 4.90. The number of nitrogens with zero attached hydrogens (tertiary/aromatic N) is 1. The minimum absolute atomic E-state index is 0.0445. The maximum absolute atomic E-state index is 13.4. The number of amides is 1. The molecule has 0 atom stereocenters. The van der Waals surface area contributed by atoms with Crippen LogP contribution in [-0.4, -0.2) is 58.5 Å². The first kappa shape index (κ1) is 21.2. The molecule has 0 spiro atoms. The zero-order chi connectivity index (χ0) is 20.9. The van der Waals surface area contributed by atoms with Gasteiger partial charge in [-0.1, -0.05) is 18.2 Å². The number of halogens is 1. The van der Waals surface area contributed by atoms with Gasteiger partial charge in [-0.25, -0.2) is 12.8 Å². The Morgan fingerprint density at radius 3 is 2.59 bits per heavy atom. The predicted octanol–water partition coefficient (Wildman–Crippen LogP) is 0.0399. The molecule has 3 rings (SSSR count). The molecule has 0 aromatic heterocycles. The molecule has 0 aliphatic carbocycles. The highest BCUT2D eigenvalue weighted by molar-refractivity contribution is 7.89. The van der Waals surface area contributed by atoms with Gasteiger partial charge in [0.1, 0.15) is 11.6 Å². The summed E-state index contributed by atoms with van der Waals surface area (Å²) in [5.74, 6) is 0.0605. The second-order valence-electron chi connectivity index (χ2n) is 6.92. The third kappa shape index (κ3) is 5.53. The van der Waals surface area contributed by atoms with Crippen molar-refractivity contribution in [3.8, 4) is 5.75 Å². The number of carbonyl (C=O) groups excluding carboxylic acids is 1. The third-order valence-corrected chi connectivity index (χ3v) is 6.79. The van der Waals surface area contributed by atoms with E-state index in [-0.39, 0.29) is 30.4 Å². The maximum Gasteiger partial charge on any atom is 0.275 e. The van der Waals surface area contributed by atoms with Crippen molar-refractivity contribution in [2.45, 2.75) is 11.4 Å². The Morgan fingerprint density at radius 2 is 1.90 bits per heavy atom. The molecule has 29 heavy (non-hydrogen) atoms. The summed E-state index contributed by atoms with van der Waals surface area (Å²) in [6.45, 7) is 2.29. The molecular weight excluding hydrogens is 397 g/mol. The lowest BCUT2D eigenvalue weighted by molar-refractivity contribution is -0.895. The summed E-state index contributed by atoms with van der Waals surface area (Å²) < 4.78 is 45.2. The van der Waals surface area contributed by atoms with Crippen LogP contribution in [-0.2, 0) is 21.4 Å². The zero-order valence-corrected chi connectivity index (χ0v) is 17.0. The average Bonchev–Trinajstić information content (AvgIpc) is 2.73. The Morgan fingerprint density at radius 1 is 1.17 bits per heavy atom. The first-order chi connectivity index (χ1) is 13.9. The number of ether oxygens (including phenoxy) is 1. The summed E-state index contributed by atoms with van der Waals surface area (Å²) >= 11 is 0. The Balaban J connectivity index is 1.48. The van der Waals surface area contributed by atoms with Crippen molar-refractivity contribution in [3.63, 3.8) is 0 Å². The molecule has 0 radical (unpaired) electrons. The second kappa shape index (κ2) is 9.34. The van der Waals surface area contributed by atoms with Crippen molar-refractivity contribution in [1.29, 1.82) is 0 Å².